The molecule has 3 rings (SSSR count). The normalized spacial score (nSPS) is 17.3. The van der Waals surface area contributed by atoms with Crippen LogP contribution in [0.1, 0.15) is 18.5 Å². The highest BCUT2D eigenvalue weighted by Crippen LogP contribution is 2.37. The quantitative estimate of drug-likeness (QED) is 0.797. The fraction of sp³-hybridized carbons (Fsp3) is 0.316. The van der Waals surface area contributed by atoms with E-state index in [4.69, 9.17) is 21.1 Å². The van der Waals surface area contributed by atoms with Gasteiger partial charge in [-0.3, -0.25) is 9.10 Å². The Morgan fingerprint density at radius 2 is 1.96 bits per heavy atom. The van der Waals surface area contributed by atoms with Crippen LogP contribution in [0.3, 0.4) is 0 Å². The van der Waals surface area contributed by atoms with Crippen LogP contribution >= 0.6 is 11.6 Å². The van der Waals surface area contributed by atoms with Crippen LogP contribution in [0.5, 0.6) is 11.5 Å². The highest BCUT2D eigenvalue weighted by atomic mass is 35.5. The molecule has 7 nitrogen and oxygen atoms in total. The first kappa shape index (κ1) is 20.3. The van der Waals surface area contributed by atoms with Crippen molar-refractivity contribution >= 4 is 33.2 Å². The number of ether oxygens (including phenoxy) is 2. The third-order valence-corrected chi connectivity index (χ3v) is 5.84. The zero-order valence-electron chi connectivity index (χ0n) is 15.7. The van der Waals surface area contributed by atoms with Gasteiger partial charge in [0.1, 0.15) is 11.5 Å². The van der Waals surface area contributed by atoms with Crippen LogP contribution in [0.25, 0.3) is 0 Å². The van der Waals surface area contributed by atoms with E-state index < -0.39 is 22.0 Å². The molecule has 2 aromatic rings. The van der Waals surface area contributed by atoms with Gasteiger partial charge < -0.3 is 14.8 Å². The van der Waals surface area contributed by atoms with Gasteiger partial charge in [-0.25, -0.2) is 8.42 Å². The number of benzene rings is 2. The number of methoxy groups -OCH3 is 1. The predicted octanol–water partition coefficient (Wildman–Crippen LogP) is 2.75. The molecule has 0 radical (unpaired) electrons. The molecule has 0 spiro atoms. The molecule has 0 fully saturated rings. The summed E-state index contributed by atoms with van der Waals surface area (Å²) >= 11 is 5.98. The topological polar surface area (TPSA) is 84.9 Å². The van der Waals surface area contributed by atoms with Crippen molar-refractivity contribution in [3.05, 3.63) is 53.1 Å². The van der Waals surface area contributed by atoms with E-state index >= 15 is 0 Å². The first-order chi connectivity index (χ1) is 13.2. The number of carbonyl (C=O) groups excluding carboxylic acids is 1. The molecular formula is C19H21ClN2O5S. The van der Waals surface area contributed by atoms with Gasteiger partial charge in [-0.15, -0.1) is 0 Å². The number of sulfonamides is 1. The highest BCUT2D eigenvalue weighted by Gasteiger charge is 2.35. The zero-order valence-corrected chi connectivity index (χ0v) is 17.3. The van der Waals surface area contributed by atoms with Crippen LogP contribution in [0, 0.1) is 0 Å². The summed E-state index contributed by atoms with van der Waals surface area (Å²) in [5.74, 6) is 0.604. The molecule has 28 heavy (non-hydrogen) atoms. The molecule has 0 bridgehead atoms. The summed E-state index contributed by atoms with van der Waals surface area (Å²) in [7, 11) is -2.03. The maximum absolute atomic E-state index is 12.7. The van der Waals surface area contributed by atoms with Crippen molar-refractivity contribution in [2.45, 2.75) is 19.1 Å². The standard InChI is InChI=1S/C19H21ClN2O5S/c1-12(13-4-7-15(26-2)8-5-13)21-19(23)18-11-22(28(3,24)25)16-10-14(20)6-9-17(16)27-18/h4-10,12,18H,11H2,1-3H3,(H,21,23)/t12-,18+/m1/s1. The average Bonchev–Trinajstić information content (AvgIpc) is 2.66. The molecule has 9 heteroatoms. The Morgan fingerprint density at radius 1 is 1.29 bits per heavy atom. The van der Waals surface area contributed by atoms with E-state index in [1.165, 1.54) is 6.07 Å². The number of hydrogen-bond acceptors (Lipinski definition) is 5. The van der Waals surface area contributed by atoms with E-state index in [9.17, 15) is 13.2 Å². The minimum absolute atomic E-state index is 0.132. The van der Waals surface area contributed by atoms with Gasteiger partial charge in [-0.2, -0.15) is 0 Å². The molecule has 0 aromatic heterocycles. The average molecular weight is 425 g/mol. The second-order valence-corrected chi connectivity index (χ2v) is 8.86. The number of anilines is 1. The molecule has 1 amide bonds. The third-order valence-electron chi connectivity index (χ3n) is 4.46. The Bertz CT molecular complexity index is 978. The monoisotopic (exact) mass is 424 g/mol. The first-order valence-electron chi connectivity index (χ1n) is 8.57. The summed E-state index contributed by atoms with van der Waals surface area (Å²) in [5.41, 5.74) is 1.21. The summed E-state index contributed by atoms with van der Waals surface area (Å²) in [6, 6.07) is 11.7. The van der Waals surface area contributed by atoms with Crippen LogP contribution in [0.2, 0.25) is 5.02 Å². The van der Waals surface area contributed by atoms with Gasteiger partial charge in [0.2, 0.25) is 10.0 Å². The number of fused-ring (bicyclic) bond motifs is 1. The fourth-order valence-corrected chi connectivity index (χ4v) is 4.03. The number of hydrogen-bond donors (Lipinski definition) is 1. The van der Waals surface area contributed by atoms with Gasteiger partial charge >= 0.3 is 0 Å². The molecule has 1 aliphatic heterocycles. The van der Waals surface area contributed by atoms with Gasteiger partial charge in [-0.1, -0.05) is 23.7 Å². The van der Waals surface area contributed by atoms with E-state index in [1.807, 2.05) is 19.1 Å². The summed E-state index contributed by atoms with van der Waals surface area (Å²) in [6.45, 7) is 1.71. The molecule has 0 aliphatic carbocycles. The molecule has 0 saturated carbocycles. The lowest BCUT2D eigenvalue weighted by Gasteiger charge is -2.34. The van der Waals surface area contributed by atoms with Gasteiger partial charge in [-0.05, 0) is 42.8 Å². The number of carbonyl (C=O) groups is 1. The number of nitrogens with one attached hydrogen (secondary N) is 1. The molecule has 2 atom stereocenters. The van der Waals surface area contributed by atoms with Gasteiger partial charge in [0.25, 0.3) is 5.91 Å². The van der Waals surface area contributed by atoms with Crippen LogP contribution in [0.15, 0.2) is 42.5 Å². The van der Waals surface area contributed by atoms with Crippen LogP contribution in [0.4, 0.5) is 5.69 Å². The molecular weight excluding hydrogens is 404 g/mol. The lowest BCUT2D eigenvalue weighted by molar-refractivity contribution is -0.128. The Morgan fingerprint density at radius 3 is 2.57 bits per heavy atom. The third kappa shape index (κ3) is 4.34. The second kappa shape index (κ2) is 7.89. The largest absolute Gasteiger partial charge is 0.497 e. The Balaban J connectivity index is 1.79. The number of rotatable bonds is 5. The van der Waals surface area contributed by atoms with Crippen molar-refractivity contribution in [1.29, 1.82) is 0 Å². The lowest BCUT2D eigenvalue weighted by atomic mass is 10.1. The summed E-state index contributed by atoms with van der Waals surface area (Å²) in [6.07, 6.45) is 0.0990. The van der Waals surface area contributed by atoms with Crippen molar-refractivity contribution in [3.63, 3.8) is 0 Å². The van der Waals surface area contributed by atoms with Crippen molar-refractivity contribution < 1.29 is 22.7 Å². The molecule has 0 unspecified atom stereocenters. The van der Waals surface area contributed by atoms with Crippen LogP contribution < -0.4 is 19.1 Å². The van der Waals surface area contributed by atoms with Crippen molar-refractivity contribution in [2.24, 2.45) is 0 Å². The van der Waals surface area contributed by atoms with E-state index in [0.29, 0.717) is 16.5 Å². The first-order valence-corrected chi connectivity index (χ1v) is 10.8. The maximum Gasteiger partial charge on any atom is 0.263 e. The van der Waals surface area contributed by atoms with E-state index in [-0.39, 0.29) is 12.6 Å². The molecule has 1 aliphatic rings. The minimum Gasteiger partial charge on any atom is -0.497 e. The Hall–Kier alpha value is -2.45. The van der Waals surface area contributed by atoms with E-state index in [0.717, 1.165) is 21.9 Å². The molecule has 0 saturated heterocycles. The second-order valence-electron chi connectivity index (χ2n) is 6.52. The highest BCUT2D eigenvalue weighted by molar-refractivity contribution is 7.92. The molecule has 1 N–H and O–H groups in total. The van der Waals surface area contributed by atoms with E-state index in [1.54, 1.807) is 31.4 Å². The molecule has 150 valence electrons. The molecule has 1 heterocycles. The smallest absolute Gasteiger partial charge is 0.263 e. The number of amides is 1. The fourth-order valence-electron chi connectivity index (χ4n) is 2.96. The van der Waals surface area contributed by atoms with Crippen molar-refractivity contribution in [1.82, 2.24) is 5.32 Å². The minimum atomic E-state index is -3.61. The van der Waals surface area contributed by atoms with Crippen LogP contribution in [-0.2, 0) is 14.8 Å². The van der Waals surface area contributed by atoms with Crippen molar-refractivity contribution in [3.8, 4) is 11.5 Å². The van der Waals surface area contributed by atoms with Gasteiger partial charge in [0.15, 0.2) is 6.10 Å². The SMILES string of the molecule is COc1ccc([C@@H](C)NC(=O)[C@@H]2CN(S(C)(=O)=O)c3cc(Cl)ccc3O2)cc1. The summed E-state index contributed by atoms with van der Waals surface area (Å²) < 4.78 is 36.5. The number of nitrogens with zero attached hydrogens (tertiary/aromatic N) is 1. The van der Waals surface area contributed by atoms with E-state index in [2.05, 4.69) is 5.32 Å². The maximum atomic E-state index is 12.7. The number of halogens is 1. The lowest BCUT2D eigenvalue weighted by Crippen LogP contribution is -2.50. The molecule has 2 aromatic carbocycles. The predicted molar refractivity (Wildman–Crippen MR) is 108 cm³/mol. The van der Waals surface area contributed by atoms with Crippen molar-refractivity contribution in [2.75, 3.05) is 24.2 Å². The zero-order chi connectivity index (χ0) is 20.5. The van der Waals surface area contributed by atoms with Gasteiger partial charge in [0, 0.05) is 5.02 Å². The summed E-state index contributed by atoms with van der Waals surface area (Å²) in [5, 5.41) is 3.25. The van der Waals surface area contributed by atoms with Gasteiger partial charge in [0.05, 0.1) is 31.6 Å². The summed E-state index contributed by atoms with van der Waals surface area (Å²) in [4.78, 5) is 12.7. The Kier molecular flexibility index (Phi) is 5.71. The Labute approximate surface area is 169 Å². The van der Waals surface area contributed by atoms with Crippen LogP contribution in [-0.4, -0.2) is 40.3 Å².